The first kappa shape index (κ1) is 26.3. The van der Waals surface area contributed by atoms with Gasteiger partial charge in [0.25, 0.3) is 0 Å². The first-order valence-corrected chi connectivity index (χ1v) is 15.3. The minimum Gasteiger partial charge on any atom is -0.347 e. The predicted molar refractivity (Wildman–Crippen MR) is 137 cm³/mol. The van der Waals surface area contributed by atoms with Gasteiger partial charge in [0.15, 0.2) is 11.6 Å². The van der Waals surface area contributed by atoms with E-state index in [0.717, 1.165) is 0 Å². The van der Waals surface area contributed by atoms with Crippen LogP contribution in [0, 0.1) is 0 Å². The molecule has 2 aromatic carbocycles. The van der Waals surface area contributed by atoms with Crippen LogP contribution in [0.15, 0.2) is 60.7 Å². The Hall–Kier alpha value is -1.97. The number of carbonyl (C=O) groups excluding carboxylic acids is 4. The Morgan fingerprint density at radius 1 is 0.906 bits per heavy atom. The summed E-state index contributed by atoms with van der Waals surface area (Å²) in [5.41, 5.74) is 1.15. The fourth-order valence-electron chi connectivity index (χ4n) is 2.93. The maximum Gasteiger partial charge on any atom is 0.242 e. The van der Waals surface area contributed by atoms with Crippen molar-refractivity contribution in [3.8, 4) is 0 Å². The molecule has 0 aromatic heterocycles. The molecule has 9 heteroatoms. The first-order valence-electron chi connectivity index (χ1n) is 9.94. The van der Waals surface area contributed by atoms with Crippen molar-refractivity contribution in [1.82, 2.24) is 10.6 Å². The van der Waals surface area contributed by atoms with Crippen LogP contribution >= 0.6 is 39.2 Å². The monoisotopic (exact) mass is 584 g/mol. The number of halogens is 2. The van der Waals surface area contributed by atoms with Gasteiger partial charge in [-0.25, -0.2) is 0 Å². The minimum absolute atomic E-state index is 0.0268. The standard InChI is InChI=1S/C23H26Br2N2O4S/c1-32(25,16-21(29)18-10-6-3-7-11-18)13-12-19(27-22(30)14-24)23(31)26-15-20(28)17-8-4-2-5-9-17/h2-11,19H,12-16H2,1H3,(H,26,31)(H,27,30). The van der Waals surface area contributed by atoms with Crippen molar-refractivity contribution in [1.29, 1.82) is 0 Å². The zero-order valence-corrected chi connectivity index (χ0v) is 21.7. The zero-order chi connectivity index (χ0) is 23.6. The Balaban J connectivity index is 1.96. The molecule has 2 atom stereocenters. The van der Waals surface area contributed by atoms with Crippen LogP contribution in [0.3, 0.4) is 0 Å². The minimum atomic E-state index is -1.52. The number of benzene rings is 2. The van der Waals surface area contributed by atoms with E-state index in [9.17, 15) is 19.2 Å². The van der Waals surface area contributed by atoms with Gasteiger partial charge in [0, 0.05) is 16.9 Å². The molecule has 0 spiro atoms. The summed E-state index contributed by atoms with van der Waals surface area (Å²) in [6.45, 7) is -0.158. The van der Waals surface area contributed by atoms with Crippen LogP contribution in [0.5, 0.6) is 0 Å². The second-order valence-corrected chi connectivity index (χ2v) is 15.6. The molecular formula is C23H26Br2N2O4S. The summed E-state index contributed by atoms with van der Waals surface area (Å²) in [6.07, 6.45) is 2.30. The van der Waals surface area contributed by atoms with Crippen LogP contribution in [0.4, 0.5) is 0 Å². The van der Waals surface area contributed by atoms with Crippen molar-refractivity contribution >= 4 is 62.6 Å². The Bertz CT molecular complexity index is 940. The molecule has 0 aliphatic heterocycles. The molecule has 0 bridgehead atoms. The van der Waals surface area contributed by atoms with E-state index in [1.807, 2.05) is 30.5 Å². The smallest absolute Gasteiger partial charge is 0.242 e. The molecule has 0 radical (unpaired) electrons. The lowest BCUT2D eigenvalue weighted by molar-refractivity contribution is -0.127. The van der Waals surface area contributed by atoms with Gasteiger partial charge >= 0.3 is 0 Å². The molecular weight excluding hydrogens is 560 g/mol. The number of amides is 2. The van der Waals surface area contributed by atoms with Gasteiger partial charge in [0.2, 0.25) is 11.8 Å². The third kappa shape index (κ3) is 8.88. The van der Waals surface area contributed by atoms with Gasteiger partial charge in [0.1, 0.15) is 6.04 Å². The van der Waals surface area contributed by atoms with Crippen molar-refractivity contribution in [2.45, 2.75) is 12.5 Å². The highest BCUT2D eigenvalue weighted by Crippen LogP contribution is 2.52. The van der Waals surface area contributed by atoms with Crippen molar-refractivity contribution in [2.24, 2.45) is 0 Å². The normalized spacial score (nSPS) is 14.5. The Morgan fingerprint density at radius 2 is 1.44 bits per heavy atom. The van der Waals surface area contributed by atoms with Crippen molar-refractivity contribution in [3.63, 3.8) is 0 Å². The summed E-state index contributed by atoms with van der Waals surface area (Å²) in [4.78, 5) is 49.5. The maximum atomic E-state index is 12.7. The maximum absolute atomic E-state index is 12.7. The van der Waals surface area contributed by atoms with Gasteiger partial charge in [-0.15, -0.1) is 0 Å². The van der Waals surface area contributed by atoms with Gasteiger partial charge in [-0.1, -0.05) is 76.6 Å². The lowest BCUT2D eigenvalue weighted by Gasteiger charge is -2.30. The molecule has 172 valence electrons. The van der Waals surface area contributed by atoms with E-state index in [0.29, 0.717) is 29.1 Å². The van der Waals surface area contributed by atoms with Crippen LogP contribution in [0.1, 0.15) is 27.1 Å². The highest BCUT2D eigenvalue weighted by molar-refractivity contribution is 9.58. The third-order valence-electron chi connectivity index (χ3n) is 4.65. The second-order valence-electron chi connectivity index (χ2n) is 7.34. The second kappa shape index (κ2) is 12.9. The van der Waals surface area contributed by atoms with Gasteiger partial charge in [-0.05, 0) is 33.2 Å². The van der Waals surface area contributed by atoms with Crippen LogP contribution in [-0.4, -0.2) is 59.1 Å². The molecule has 0 aliphatic rings. The van der Waals surface area contributed by atoms with Crippen LogP contribution in [-0.2, 0) is 9.59 Å². The van der Waals surface area contributed by atoms with Crippen molar-refractivity contribution in [3.05, 3.63) is 71.8 Å². The van der Waals surface area contributed by atoms with Crippen LogP contribution in [0.2, 0.25) is 0 Å². The van der Waals surface area contributed by atoms with Gasteiger partial charge < -0.3 is 10.6 Å². The third-order valence-corrected chi connectivity index (χ3v) is 8.77. The van der Waals surface area contributed by atoms with Gasteiger partial charge in [-0.3, -0.25) is 19.2 Å². The molecule has 2 unspecified atom stereocenters. The molecule has 2 N–H and O–H groups in total. The van der Waals surface area contributed by atoms with Crippen LogP contribution in [0.25, 0.3) is 0 Å². The fraction of sp³-hybridized carbons (Fsp3) is 0.304. The zero-order valence-electron chi connectivity index (χ0n) is 17.7. The topological polar surface area (TPSA) is 92.3 Å². The number of carbonyl (C=O) groups is 4. The lowest BCUT2D eigenvalue weighted by atomic mass is 10.1. The average Bonchev–Trinajstić information content (AvgIpc) is 2.80. The number of hydrogen-bond donors (Lipinski definition) is 2. The number of hydrogen-bond acceptors (Lipinski definition) is 4. The Kier molecular flexibility index (Phi) is 10.6. The Labute approximate surface area is 205 Å². The van der Waals surface area contributed by atoms with E-state index < -0.39 is 20.4 Å². The molecule has 6 nitrogen and oxygen atoms in total. The molecule has 0 heterocycles. The molecule has 0 saturated heterocycles. The summed E-state index contributed by atoms with van der Waals surface area (Å²) in [5.74, 6) is -0.0805. The molecule has 0 saturated carbocycles. The average molecular weight is 586 g/mol. The number of nitrogens with one attached hydrogen (secondary N) is 2. The molecule has 2 aromatic rings. The molecule has 2 rings (SSSR count). The van der Waals surface area contributed by atoms with Gasteiger partial charge in [0.05, 0.1) is 11.9 Å². The first-order chi connectivity index (χ1) is 15.2. The summed E-state index contributed by atoms with van der Waals surface area (Å²) in [5, 5.41) is 5.37. The fourth-order valence-corrected chi connectivity index (χ4v) is 5.87. The summed E-state index contributed by atoms with van der Waals surface area (Å²) in [7, 11) is -1.52. The van der Waals surface area contributed by atoms with E-state index in [4.69, 9.17) is 0 Å². The highest BCUT2D eigenvalue weighted by atomic mass is 79.9. The van der Waals surface area contributed by atoms with E-state index in [1.54, 1.807) is 36.4 Å². The number of alkyl halides is 1. The Morgan fingerprint density at radius 3 is 1.97 bits per heavy atom. The quantitative estimate of drug-likeness (QED) is 0.292. The largest absolute Gasteiger partial charge is 0.347 e. The lowest BCUT2D eigenvalue weighted by Crippen LogP contribution is -2.48. The van der Waals surface area contributed by atoms with E-state index >= 15 is 0 Å². The molecule has 0 fully saturated rings. The highest BCUT2D eigenvalue weighted by Gasteiger charge is 2.26. The van der Waals surface area contributed by atoms with Gasteiger partial charge in [-0.2, -0.15) is 8.46 Å². The summed E-state index contributed by atoms with van der Waals surface area (Å²) in [6, 6.07) is 16.9. The van der Waals surface area contributed by atoms with E-state index in [2.05, 4.69) is 41.4 Å². The molecule has 32 heavy (non-hydrogen) atoms. The molecule has 2 amide bonds. The van der Waals surface area contributed by atoms with Crippen molar-refractivity contribution < 1.29 is 19.2 Å². The van der Waals surface area contributed by atoms with E-state index in [1.165, 1.54) is 0 Å². The number of ketones is 2. The summed E-state index contributed by atoms with van der Waals surface area (Å²) < 4.78 is 0. The summed E-state index contributed by atoms with van der Waals surface area (Å²) >= 11 is 6.78. The van der Waals surface area contributed by atoms with Crippen molar-refractivity contribution in [2.75, 3.05) is 29.6 Å². The predicted octanol–water partition coefficient (Wildman–Crippen LogP) is 3.88. The number of Topliss-reactive ketones (excluding diaryl/α,β-unsaturated/α-hetero) is 2. The molecule has 0 aliphatic carbocycles. The van der Waals surface area contributed by atoms with Crippen LogP contribution < -0.4 is 10.6 Å². The number of rotatable bonds is 12. The van der Waals surface area contributed by atoms with E-state index in [-0.39, 0.29) is 29.3 Å². The SMILES string of the molecule is CS(Br)(CCC(NC(=O)CBr)C(=O)NCC(=O)c1ccccc1)CC(=O)c1ccccc1.